The van der Waals surface area contributed by atoms with Crippen molar-refractivity contribution in [2.75, 3.05) is 0 Å². The average Bonchev–Trinajstić information content (AvgIpc) is 2.09. The Labute approximate surface area is 82.7 Å². The molecule has 80 valence electrons. The third kappa shape index (κ3) is 1.64. The molecule has 0 aliphatic rings. The predicted molar refractivity (Wildman–Crippen MR) is 47.8 cm³/mol. The van der Waals surface area contributed by atoms with Crippen LogP contribution < -0.4 is 0 Å². The average molecular weight is 214 g/mol. The lowest BCUT2D eigenvalue weighted by Crippen LogP contribution is -1.99. The highest BCUT2D eigenvalue weighted by molar-refractivity contribution is 5.69. The molecule has 15 heavy (non-hydrogen) atoms. The first-order chi connectivity index (χ1) is 6.86. The van der Waals surface area contributed by atoms with E-state index >= 15 is 0 Å². The van der Waals surface area contributed by atoms with Crippen LogP contribution in [0.3, 0.4) is 0 Å². The molecule has 0 aliphatic carbocycles. The van der Waals surface area contributed by atoms with Gasteiger partial charge in [-0.05, 0) is 13.0 Å². The van der Waals surface area contributed by atoms with E-state index in [9.17, 15) is 20.2 Å². The third-order valence-electron chi connectivity index (χ3n) is 1.78. The molecule has 0 fully saturated rings. The minimum atomic E-state index is -1.11. The number of aryl methyl sites for hydroxylation is 1. The van der Waals surface area contributed by atoms with Crippen molar-refractivity contribution in [1.82, 2.24) is 0 Å². The number of nitrogens with zero attached hydrogens (tertiary/aromatic N) is 2. The second kappa shape index (κ2) is 3.40. The first kappa shape index (κ1) is 10.7. The summed E-state index contributed by atoms with van der Waals surface area (Å²) in [6.45, 7) is 1.23. The molecule has 0 spiro atoms. The Kier molecular flexibility index (Phi) is 2.43. The number of phenols is 2. The molecule has 1 rings (SSSR count). The molecule has 0 saturated heterocycles. The van der Waals surface area contributed by atoms with Crippen molar-refractivity contribution in [1.29, 1.82) is 0 Å². The van der Waals surface area contributed by atoms with Crippen LogP contribution >= 0.6 is 0 Å². The number of phenolic OH excluding ortho intramolecular Hbond substituents is 2. The Balaban J connectivity index is 3.69. The molecule has 0 bridgehead atoms. The van der Waals surface area contributed by atoms with E-state index in [1.807, 2.05) is 0 Å². The molecule has 0 aromatic heterocycles. The highest BCUT2D eigenvalue weighted by Crippen LogP contribution is 2.43. The van der Waals surface area contributed by atoms with Crippen LogP contribution in [0, 0.1) is 27.2 Å². The van der Waals surface area contributed by atoms with E-state index in [0.717, 1.165) is 6.07 Å². The summed E-state index contributed by atoms with van der Waals surface area (Å²) in [5.41, 5.74) is -2.02. The van der Waals surface area contributed by atoms with Crippen LogP contribution in [0.2, 0.25) is 0 Å². The van der Waals surface area contributed by atoms with E-state index in [1.165, 1.54) is 6.92 Å². The van der Waals surface area contributed by atoms with E-state index < -0.39 is 32.7 Å². The fourth-order valence-corrected chi connectivity index (χ4v) is 1.17. The zero-order valence-corrected chi connectivity index (χ0v) is 7.50. The Morgan fingerprint density at radius 3 is 2.00 bits per heavy atom. The summed E-state index contributed by atoms with van der Waals surface area (Å²) < 4.78 is 0. The molecular weight excluding hydrogens is 208 g/mol. The van der Waals surface area contributed by atoms with Gasteiger partial charge in [0.15, 0.2) is 5.75 Å². The molecule has 0 heterocycles. The van der Waals surface area contributed by atoms with Crippen molar-refractivity contribution in [3.8, 4) is 11.5 Å². The highest BCUT2D eigenvalue weighted by Gasteiger charge is 2.33. The van der Waals surface area contributed by atoms with E-state index in [0.29, 0.717) is 0 Å². The quantitative estimate of drug-likeness (QED) is 0.432. The second-order valence-corrected chi connectivity index (χ2v) is 2.77. The molecule has 0 unspecified atom stereocenters. The zero-order valence-electron chi connectivity index (χ0n) is 7.50. The molecule has 1 aromatic carbocycles. The fourth-order valence-electron chi connectivity index (χ4n) is 1.17. The standard InChI is InChI=1S/C7H6N2O6/c1-3-2-4(10)7(11)6(9(14)15)5(3)8(12)13/h2,10-11H,1H3. The van der Waals surface area contributed by atoms with Crippen LogP contribution in [0.15, 0.2) is 6.07 Å². The highest BCUT2D eigenvalue weighted by atomic mass is 16.6. The Morgan fingerprint density at radius 1 is 1.13 bits per heavy atom. The lowest BCUT2D eigenvalue weighted by atomic mass is 10.1. The number of nitro groups is 2. The third-order valence-corrected chi connectivity index (χ3v) is 1.78. The van der Waals surface area contributed by atoms with Gasteiger partial charge in [0.25, 0.3) is 0 Å². The van der Waals surface area contributed by atoms with Gasteiger partial charge in [0, 0.05) is 5.56 Å². The van der Waals surface area contributed by atoms with Gasteiger partial charge in [0.05, 0.1) is 9.85 Å². The SMILES string of the molecule is Cc1cc(O)c(O)c([N+](=O)[O-])c1[N+](=O)[O-]. The van der Waals surface area contributed by atoms with Crippen LogP contribution in [0.1, 0.15) is 5.56 Å². The lowest BCUT2D eigenvalue weighted by Gasteiger charge is -2.02. The van der Waals surface area contributed by atoms with Crippen molar-refractivity contribution in [3.63, 3.8) is 0 Å². The van der Waals surface area contributed by atoms with Gasteiger partial charge in [-0.15, -0.1) is 0 Å². The molecule has 0 saturated carbocycles. The Bertz CT molecular complexity index is 455. The number of rotatable bonds is 2. The minimum absolute atomic E-state index is 0.0954. The van der Waals surface area contributed by atoms with E-state index in [-0.39, 0.29) is 5.56 Å². The number of benzene rings is 1. The summed E-state index contributed by atoms with van der Waals surface area (Å²) in [6.07, 6.45) is 0. The maximum Gasteiger partial charge on any atom is 0.391 e. The van der Waals surface area contributed by atoms with Gasteiger partial charge in [-0.1, -0.05) is 0 Å². The van der Waals surface area contributed by atoms with Crippen molar-refractivity contribution >= 4 is 11.4 Å². The maximum atomic E-state index is 10.5. The van der Waals surface area contributed by atoms with Crippen molar-refractivity contribution in [2.45, 2.75) is 6.92 Å². The molecule has 8 nitrogen and oxygen atoms in total. The van der Waals surface area contributed by atoms with Crippen molar-refractivity contribution in [2.24, 2.45) is 0 Å². The normalized spacial score (nSPS) is 9.93. The van der Waals surface area contributed by atoms with Gasteiger partial charge in [-0.3, -0.25) is 20.2 Å². The number of hydrogen-bond donors (Lipinski definition) is 2. The summed E-state index contributed by atoms with van der Waals surface area (Å²) in [5, 5.41) is 39.2. The van der Waals surface area contributed by atoms with Crippen LogP contribution in [0.4, 0.5) is 11.4 Å². The molecule has 2 N–H and O–H groups in total. The van der Waals surface area contributed by atoms with E-state index in [4.69, 9.17) is 10.2 Å². The molecule has 1 aromatic rings. The van der Waals surface area contributed by atoms with Crippen LogP contribution in [0.25, 0.3) is 0 Å². The first-order valence-corrected chi connectivity index (χ1v) is 3.70. The monoisotopic (exact) mass is 214 g/mol. The van der Waals surface area contributed by atoms with Gasteiger partial charge in [-0.25, -0.2) is 0 Å². The van der Waals surface area contributed by atoms with Crippen LogP contribution in [0.5, 0.6) is 11.5 Å². The van der Waals surface area contributed by atoms with Crippen LogP contribution in [-0.4, -0.2) is 20.1 Å². The number of nitro benzene ring substituents is 2. The van der Waals surface area contributed by atoms with Gasteiger partial charge in [0.2, 0.25) is 5.75 Å². The summed E-state index contributed by atoms with van der Waals surface area (Å²) in [5.74, 6) is -1.86. The molecule has 0 radical (unpaired) electrons. The minimum Gasteiger partial charge on any atom is -0.504 e. The van der Waals surface area contributed by atoms with E-state index in [2.05, 4.69) is 0 Å². The summed E-state index contributed by atoms with van der Waals surface area (Å²) >= 11 is 0. The van der Waals surface area contributed by atoms with Gasteiger partial charge in [0.1, 0.15) is 0 Å². The van der Waals surface area contributed by atoms with Gasteiger partial charge < -0.3 is 10.2 Å². The second-order valence-electron chi connectivity index (χ2n) is 2.77. The maximum absolute atomic E-state index is 10.5. The largest absolute Gasteiger partial charge is 0.504 e. The molecular formula is C7H6N2O6. The summed E-state index contributed by atoms with van der Waals surface area (Å²) in [4.78, 5) is 18.9. The topological polar surface area (TPSA) is 127 Å². The molecule has 8 heteroatoms. The smallest absolute Gasteiger partial charge is 0.391 e. The van der Waals surface area contributed by atoms with Gasteiger partial charge >= 0.3 is 11.4 Å². The van der Waals surface area contributed by atoms with Crippen molar-refractivity contribution in [3.05, 3.63) is 31.9 Å². The Hall–Kier alpha value is -2.38. The molecule has 0 atom stereocenters. The molecule has 0 aliphatic heterocycles. The van der Waals surface area contributed by atoms with Crippen LogP contribution in [-0.2, 0) is 0 Å². The zero-order chi connectivity index (χ0) is 11.7. The Morgan fingerprint density at radius 2 is 1.60 bits per heavy atom. The summed E-state index contributed by atoms with van der Waals surface area (Å²) in [6, 6.07) is 0.889. The van der Waals surface area contributed by atoms with E-state index in [1.54, 1.807) is 0 Å². The lowest BCUT2D eigenvalue weighted by molar-refractivity contribution is -0.423. The number of hydrogen-bond acceptors (Lipinski definition) is 6. The molecule has 0 amide bonds. The summed E-state index contributed by atoms with van der Waals surface area (Å²) in [7, 11) is 0. The fraction of sp³-hybridized carbons (Fsp3) is 0.143. The predicted octanol–water partition coefficient (Wildman–Crippen LogP) is 1.22. The van der Waals surface area contributed by atoms with Gasteiger partial charge in [-0.2, -0.15) is 0 Å². The number of aromatic hydroxyl groups is 2. The van der Waals surface area contributed by atoms with Crippen molar-refractivity contribution < 1.29 is 20.1 Å². The first-order valence-electron chi connectivity index (χ1n) is 3.70.